The summed E-state index contributed by atoms with van der Waals surface area (Å²) in [7, 11) is 0. The molecule has 2 unspecified atom stereocenters. The Hall–Kier alpha value is -1.91. The van der Waals surface area contributed by atoms with Gasteiger partial charge in [0, 0.05) is 11.3 Å². The van der Waals surface area contributed by atoms with Crippen molar-refractivity contribution in [3.05, 3.63) is 23.8 Å². The van der Waals surface area contributed by atoms with E-state index < -0.39 is 0 Å². The lowest BCUT2D eigenvalue weighted by molar-refractivity contribution is 0.370. The van der Waals surface area contributed by atoms with Crippen LogP contribution in [0.25, 0.3) is 11.4 Å². The van der Waals surface area contributed by atoms with Gasteiger partial charge in [-0.2, -0.15) is 0 Å². The number of hydrogen-bond donors (Lipinski definition) is 1. The first-order valence-electron chi connectivity index (χ1n) is 6.82. The van der Waals surface area contributed by atoms with E-state index in [4.69, 9.17) is 5.73 Å². The number of tetrazole rings is 1. The lowest BCUT2D eigenvalue weighted by Gasteiger charge is -2.18. The van der Waals surface area contributed by atoms with Crippen LogP contribution in [-0.2, 0) is 0 Å². The van der Waals surface area contributed by atoms with Gasteiger partial charge in [-0.15, -0.1) is 5.10 Å². The van der Waals surface area contributed by atoms with Crippen molar-refractivity contribution in [2.45, 2.75) is 39.2 Å². The second-order valence-electron chi connectivity index (χ2n) is 5.46. The Morgan fingerprint density at radius 1 is 1.32 bits per heavy atom. The predicted molar refractivity (Wildman–Crippen MR) is 74.5 cm³/mol. The van der Waals surface area contributed by atoms with Gasteiger partial charge < -0.3 is 5.73 Å². The van der Waals surface area contributed by atoms with E-state index >= 15 is 0 Å². The van der Waals surface area contributed by atoms with Crippen LogP contribution in [0.2, 0.25) is 0 Å². The molecular formula is C14H19N5. The molecule has 5 heteroatoms. The number of nitrogen functional groups attached to an aromatic ring is 1. The maximum Gasteiger partial charge on any atom is 0.184 e. The quantitative estimate of drug-likeness (QED) is 0.839. The van der Waals surface area contributed by atoms with Gasteiger partial charge in [0.2, 0.25) is 0 Å². The van der Waals surface area contributed by atoms with Crippen molar-refractivity contribution in [2.24, 2.45) is 5.92 Å². The average Bonchev–Trinajstić information content (AvgIpc) is 2.97. The van der Waals surface area contributed by atoms with Crippen molar-refractivity contribution in [1.29, 1.82) is 0 Å². The fraction of sp³-hybridized carbons (Fsp3) is 0.500. The number of nitrogens with zero attached hydrogens (tertiary/aromatic N) is 4. The van der Waals surface area contributed by atoms with Gasteiger partial charge in [0.1, 0.15) is 0 Å². The molecular weight excluding hydrogens is 238 g/mol. The lowest BCUT2D eigenvalue weighted by atomic mass is 10.0. The first kappa shape index (κ1) is 12.1. The number of aryl methyl sites for hydroxylation is 1. The molecule has 0 saturated heterocycles. The van der Waals surface area contributed by atoms with Gasteiger partial charge in [-0.25, -0.2) is 4.68 Å². The standard InChI is InChI=1S/C14H19N5/c1-9-5-4-8-12(9)19-14(16-17-18-19)13-10(2)6-3-7-11(13)15/h3,6-7,9,12H,4-5,8,15H2,1-2H3. The molecule has 100 valence electrons. The molecule has 0 aliphatic heterocycles. The Balaban J connectivity index is 2.10. The minimum absolute atomic E-state index is 0.393. The molecule has 5 nitrogen and oxygen atoms in total. The summed E-state index contributed by atoms with van der Waals surface area (Å²) in [5.74, 6) is 1.42. The van der Waals surface area contributed by atoms with Gasteiger partial charge in [0.15, 0.2) is 5.82 Å². The fourth-order valence-corrected chi connectivity index (χ4v) is 3.07. The average molecular weight is 257 g/mol. The third-order valence-corrected chi connectivity index (χ3v) is 4.15. The van der Waals surface area contributed by atoms with Crippen molar-refractivity contribution >= 4 is 5.69 Å². The summed E-state index contributed by atoms with van der Waals surface area (Å²) in [6, 6.07) is 6.30. The number of nitrogens with two attached hydrogens (primary N) is 1. The molecule has 0 spiro atoms. The Kier molecular flexibility index (Phi) is 2.97. The van der Waals surface area contributed by atoms with E-state index in [2.05, 4.69) is 22.4 Å². The predicted octanol–water partition coefficient (Wildman–Crippen LogP) is 2.59. The van der Waals surface area contributed by atoms with Gasteiger partial charge >= 0.3 is 0 Å². The van der Waals surface area contributed by atoms with Crippen LogP contribution < -0.4 is 5.73 Å². The van der Waals surface area contributed by atoms with Crippen LogP contribution in [-0.4, -0.2) is 20.2 Å². The molecule has 2 N–H and O–H groups in total. The maximum atomic E-state index is 6.11. The molecule has 1 aliphatic carbocycles. The molecule has 1 saturated carbocycles. The SMILES string of the molecule is Cc1cccc(N)c1-c1nnnn1C1CCCC1C. The number of rotatable bonds is 2. The zero-order chi connectivity index (χ0) is 13.4. The minimum Gasteiger partial charge on any atom is -0.398 e. The van der Waals surface area contributed by atoms with Crippen molar-refractivity contribution in [2.75, 3.05) is 5.73 Å². The zero-order valence-corrected chi connectivity index (χ0v) is 11.4. The zero-order valence-electron chi connectivity index (χ0n) is 11.4. The first-order valence-corrected chi connectivity index (χ1v) is 6.82. The Labute approximate surface area is 112 Å². The molecule has 1 heterocycles. The lowest BCUT2D eigenvalue weighted by Crippen LogP contribution is -2.15. The van der Waals surface area contributed by atoms with Crippen molar-refractivity contribution in [1.82, 2.24) is 20.2 Å². The van der Waals surface area contributed by atoms with Crippen molar-refractivity contribution < 1.29 is 0 Å². The molecule has 1 aromatic carbocycles. The first-order chi connectivity index (χ1) is 9.18. The van der Waals surface area contributed by atoms with Crippen LogP contribution in [0.15, 0.2) is 18.2 Å². The molecule has 0 radical (unpaired) electrons. The van der Waals surface area contributed by atoms with E-state index in [0.29, 0.717) is 12.0 Å². The van der Waals surface area contributed by atoms with Crippen molar-refractivity contribution in [3.63, 3.8) is 0 Å². The van der Waals surface area contributed by atoms with Crippen LogP contribution in [0.5, 0.6) is 0 Å². The van der Waals surface area contributed by atoms with E-state index in [9.17, 15) is 0 Å². The second kappa shape index (κ2) is 4.64. The van der Waals surface area contributed by atoms with Crippen LogP contribution in [0, 0.1) is 12.8 Å². The van der Waals surface area contributed by atoms with E-state index in [1.165, 1.54) is 12.8 Å². The fourth-order valence-electron chi connectivity index (χ4n) is 3.07. The highest BCUT2D eigenvalue weighted by Crippen LogP contribution is 2.38. The third kappa shape index (κ3) is 1.99. The monoisotopic (exact) mass is 257 g/mol. The van der Waals surface area contributed by atoms with Gasteiger partial charge in [0.25, 0.3) is 0 Å². The third-order valence-electron chi connectivity index (χ3n) is 4.15. The summed E-state index contributed by atoms with van der Waals surface area (Å²) < 4.78 is 1.97. The van der Waals surface area contributed by atoms with Crippen LogP contribution in [0.1, 0.15) is 37.8 Å². The largest absolute Gasteiger partial charge is 0.398 e. The summed E-state index contributed by atoms with van der Waals surface area (Å²) in [5.41, 5.74) is 8.92. The number of anilines is 1. The molecule has 3 rings (SSSR count). The number of hydrogen-bond acceptors (Lipinski definition) is 4. The minimum atomic E-state index is 0.393. The van der Waals surface area contributed by atoms with E-state index in [0.717, 1.165) is 29.1 Å². The highest BCUT2D eigenvalue weighted by Gasteiger charge is 2.29. The van der Waals surface area contributed by atoms with Gasteiger partial charge in [-0.05, 0) is 47.7 Å². The summed E-state index contributed by atoms with van der Waals surface area (Å²) in [6.45, 7) is 4.31. The van der Waals surface area contributed by atoms with Gasteiger partial charge in [-0.3, -0.25) is 0 Å². The normalized spacial score (nSPS) is 22.8. The highest BCUT2D eigenvalue weighted by atomic mass is 15.6. The Morgan fingerprint density at radius 3 is 2.84 bits per heavy atom. The van der Waals surface area contributed by atoms with Crippen LogP contribution >= 0.6 is 0 Å². The van der Waals surface area contributed by atoms with E-state index in [1.54, 1.807) is 0 Å². The van der Waals surface area contributed by atoms with E-state index in [-0.39, 0.29) is 0 Å². The second-order valence-corrected chi connectivity index (χ2v) is 5.46. The molecule has 2 atom stereocenters. The topological polar surface area (TPSA) is 69.6 Å². The Bertz CT molecular complexity index is 569. The maximum absolute atomic E-state index is 6.11. The summed E-state index contributed by atoms with van der Waals surface area (Å²) >= 11 is 0. The molecule has 1 aliphatic rings. The van der Waals surface area contributed by atoms with Crippen molar-refractivity contribution in [3.8, 4) is 11.4 Å². The summed E-state index contributed by atoms with van der Waals surface area (Å²) in [4.78, 5) is 0. The van der Waals surface area contributed by atoms with E-state index in [1.807, 2.05) is 29.8 Å². The molecule has 0 amide bonds. The molecule has 1 fully saturated rings. The Morgan fingerprint density at radius 2 is 2.16 bits per heavy atom. The van der Waals surface area contributed by atoms with Gasteiger partial charge in [-0.1, -0.05) is 25.5 Å². The molecule has 1 aromatic heterocycles. The smallest absolute Gasteiger partial charge is 0.184 e. The molecule has 0 bridgehead atoms. The number of aromatic nitrogens is 4. The molecule has 19 heavy (non-hydrogen) atoms. The molecule has 2 aromatic rings. The summed E-state index contributed by atoms with van der Waals surface area (Å²) in [5, 5.41) is 12.3. The highest BCUT2D eigenvalue weighted by molar-refractivity contribution is 5.74. The summed E-state index contributed by atoms with van der Waals surface area (Å²) in [6.07, 6.45) is 3.63. The van der Waals surface area contributed by atoms with Crippen LogP contribution in [0.4, 0.5) is 5.69 Å². The van der Waals surface area contributed by atoms with Crippen LogP contribution in [0.3, 0.4) is 0 Å². The number of benzene rings is 1. The van der Waals surface area contributed by atoms with Gasteiger partial charge in [0.05, 0.1) is 6.04 Å².